The maximum Gasteiger partial charge on any atom is 0.248 e. The minimum Gasteiger partial charge on any atom is -0.386 e. The SMILES string of the molecule is CN1C(=O)[C@@H]2[C@@H](C=C[C@H]([C@H](O)c3ccccc3)N2N(C)C)C1=O. The Morgan fingerprint density at radius 3 is 2.35 bits per heavy atom. The van der Waals surface area contributed by atoms with Gasteiger partial charge < -0.3 is 5.11 Å². The van der Waals surface area contributed by atoms with Gasteiger partial charge in [0.15, 0.2) is 0 Å². The second-order valence-corrected chi connectivity index (χ2v) is 6.16. The molecule has 1 aromatic carbocycles. The van der Waals surface area contributed by atoms with Crippen LogP contribution in [0.5, 0.6) is 0 Å². The molecule has 2 amide bonds. The number of carbonyl (C=O) groups is 2. The van der Waals surface area contributed by atoms with E-state index in [1.807, 2.05) is 50.5 Å². The van der Waals surface area contributed by atoms with E-state index in [4.69, 9.17) is 0 Å². The zero-order chi connectivity index (χ0) is 16.7. The third-order valence-electron chi connectivity index (χ3n) is 4.57. The van der Waals surface area contributed by atoms with Gasteiger partial charge in [-0.1, -0.05) is 42.5 Å². The lowest BCUT2D eigenvalue weighted by molar-refractivity contribution is -0.145. The van der Waals surface area contributed by atoms with Crippen molar-refractivity contribution in [2.75, 3.05) is 21.1 Å². The van der Waals surface area contributed by atoms with Crippen molar-refractivity contribution in [1.29, 1.82) is 0 Å². The maximum absolute atomic E-state index is 12.5. The molecule has 0 spiro atoms. The molecule has 2 heterocycles. The number of hydrazine groups is 1. The van der Waals surface area contributed by atoms with Gasteiger partial charge in [-0.05, 0) is 5.56 Å². The Kier molecular flexibility index (Phi) is 4.06. The summed E-state index contributed by atoms with van der Waals surface area (Å²) in [6.45, 7) is 0. The number of hydrogen-bond donors (Lipinski definition) is 1. The van der Waals surface area contributed by atoms with Crippen LogP contribution < -0.4 is 0 Å². The Hall–Kier alpha value is -2.02. The molecule has 6 heteroatoms. The largest absolute Gasteiger partial charge is 0.386 e. The molecule has 6 nitrogen and oxygen atoms in total. The summed E-state index contributed by atoms with van der Waals surface area (Å²) in [4.78, 5) is 25.9. The van der Waals surface area contributed by atoms with E-state index in [9.17, 15) is 14.7 Å². The molecule has 2 aliphatic rings. The number of hydrogen-bond acceptors (Lipinski definition) is 5. The molecule has 1 saturated heterocycles. The minimum atomic E-state index is -0.787. The van der Waals surface area contributed by atoms with E-state index in [2.05, 4.69) is 0 Å². The Bertz CT molecular complexity index is 644. The van der Waals surface area contributed by atoms with Crippen LogP contribution in [0.1, 0.15) is 11.7 Å². The fourth-order valence-corrected chi connectivity index (χ4v) is 3.40. The number of fused-ring (bicyclic) bond motifs is 1. The number of aliphatic hydroxyl groups is 1. The number of carbonyl (C=O) groups excluding carboxylic acids is 2. The fraction of sp³-hybridized carbons (Fsp3) is 0.412. The number of benzene rings is 1. The number of aliphatic hydroxyl groups excluding tert-OH is 1. The third-order valence-corrected chi connectivity index (χ3v) is 4.57. The number of rotatable bonds is 3. The first-order chi connectivity index (χ1) is 10.9. The summed E-state index contributed by atoms with van der Waals surface area (Å²) in [6, 6.07) is 8.32. The van der Waals surface area contributed by atoms with Crippen molar-refractivity contribution in [2.45, 2.75) is 18.2 Å². The van der Waals surface area contributed by atoms with E-state index in [1.54, 1.807) is 16.1 Å². The lowest BCUT2D eigenvalue weighted by Crippen LogP contribution is -2.58. The van der Waals surface area contributed by atoms with Gasteiger partial charge in [0.1, 0.15) is 6.04 Å². The smallest absolute Gasteiger partial charge is 0.248 e. The predicted octanol–water partition coefficient (Wildman–Crippen LogP) is 0.420. The van der Waals surface area contributed by atoms with Crippen molar-refractivity contribution in [3.63, 3.8) is 0 Å². The molecule has 0 unspecified atom stereocenters. The molecular weight excluding hydrogens is 294 g/mol. The van der Waals surface area contributed by atoms with E-state index < -0.39 is 24.1 Å². The quantitative estimate of drug-likeness (QED) is 0.647. The van der Waals surface area contributed by atoms with Crippen molar-refractivity contribution in [1.82, 2.24) is 14.9 Å². The Labute approximate surface area is 135 Å². The predicted molar refractivity (Wildman–Crippen MR) is 84.9 cm³/mol. The first kappa shape index (κ1) is 15.9. The molecule has 1 N–H and O–H groups in total. The number of likely N-dealkylation sites (tertiary alicyclic amines) is 1. The highest BCUT2D eigenvalue weighted by molar-refractivity contribution is 6.07. The van der Waals surface area contributed by atoms with E-state index >= 15 is 0 Å². The molecule has 0 saturated carbocycles. The molecule has 1 fully saturated rings. The normalized spacial score (nSPS) is 29.3. The molecule has 23 heavy (non-hydrogen) atoms. The van der Waals surface area contributed by atoms with Crippen LogP contribution in [0.3, 0.4) is 0 Å². The Balaban J connectivity index is 1.99. The highest BCUT2D eigenvalue weighted by atomic mass is 16.3. The van der Waals surface area contributed by atoms with Gasteiger partial charge in [0.2, 0.25) is 11.8 Å². The fourth-order valence-electron chi connectivity index (χ4n) is 3.40. The second-order valence-electron chi connectivity index (χ2n) is 6.16. The van der Waals surface area contributed by atoms with Gasteiger partial charge in [-0.3, -0.25) is 14.5 Å². The third kappa shape index (κ3) is 2.49. The van der Waals surface area contributed by atoms with Crippen LogP contribution >= 0.6 is 0 Å². The van der Waals surface area contributed by atoms with Crippen LogP contribution in [0.4, 0.5) is 0 Å². The summed E-state index contributed by atoms with van der Waals surface area (Å²) in [5.74, 6) is -0.923. The van der Waals surface area contributed by atoms with Crippen LogP contribution in [-0.2, 0) is 9.59 Å². The van der Waals surface area contributed by atoms with Gasteiger partial charge in [-0.15, -0.1) is 0 Å². The zero-order valence-electron chi connectivity index (χ0n) is 13.5. The lowest BCUT2D eigenvalue weighted by atomic mass is 9.90. The van der Waals surface area contributed by atoms with Gasteiger partial charge in [-0.25, -0.2) is 10.0 Å². The van der Waals surface area contributed by atoms with Gasteiger partial charge in [-0.2, -0.15) is 0 Å². The minimum absolute atomic E-state index is 0.198. The second kappa shape index (κ2) is 5.88. The molecule has 3 rings (SSSR count). The van der Waals surface area contributed by atoms with Crippen molar-refractivity contribution in [2.24, 2.45) is 5.92 Å². The van der Waals surface area contributed by atoms with Gasteiger partial charge in [0, 0.05) is 21.1 Å². The molecule has 0 aliphatic carbocycles. The van der Waals surface area contributed by atoms with Gasteiger partial charge in [0.05, 0.1) is 18.1 Å². The van der Waals surface area contributed by atoms with Crippen LogP contribution in [0, 0.1) is 5.92 Å². The molecule has 2 aliphatic heterocycles. The topological polar surface area (TPSA) is 64.1 Å². The highest BCUT2D eigenvalue weighted by Crippen LogP contribution is 2.35. The van der Waals surface area contributed by atoms with Crippen molar-refractivity contribution in [3.8, 4) is 0 Å². The maximum atomic E-state index is 12.5. The summed E-state index contributed by atoms with van der Waals surface area (Å²) in [6.07, 6.45) is 2.79. The summed E-state index contributed by atoms with van der Waals surface area (Å²) in [5.41, 5.74) is 0.776. The lowest BCUT2D eigenvalue weighted by Gasteiger charge is -2.43. The monoisotopic (exact) mass is 315 g/mol. The average molecular weight is 315 g/mol. The molecule has 4 atom stereocenters. The van der Waals surface area contributed by atoms with Crippen LogP contribution in [0.15, 0.2) is 42.5 Å². The van der Waals surface area contributed by atoms with E-state index in [0.717, 1.165) is 5.56 Å². The first-order valence-corrected chi connectivity index (χ1v) is 7.62. The summed E-state index contributed by atoms with van der Waals surface area (Å²) < 4.78 is 0. The van der Waals surface area contributed by atoms with E-state index in [1.165, 1.54) is 11.9 Å². The zero-order valence-corrected chi connectivity index (χ0v) is 13.5. The summed E-state index contributed by atoms with van der Waals surface area (Å²) in [5, 5.41) is 14.4. The summed E-state index contributed by atoms with van der Waals surface area (Å²) >= 11 is 0. The van der Waals surface area contributed by atoms with Crippen molar-refractivity contribution in [3.05, 3.63) is 48.0 Å². The van der Waals surface area contributed by atoms with Crippen molar-refractivity contribution >= 4 is 11.8 Å². The van der Waals surface area contributed by atoms with Crippen molar-refractivity contribution < 1.29 is 14.7 Å². The molecule has 122 valence electrons. The highest BCUT2D eigenvalue weighted by Gasteiger charge is 2.52. The molecule has 1 aromatic rings. The van der Waals surface area contributed by atoms with Crippen LogP contribution in [-0.4, -0.2) is 65.1 Å². The molecule has 0 radical (unpaired) electrons. The van der Waals surface area contributed by atoms with Gasteiger partial charge in [0.25, 0.3) is 0 Å². The summed E-state index contributed by atoms with van der Waals surface area (Å²) in [7, 11) is 5.14. The van der Waals surface area contributed by atoms with Crippen LogP contribution in [0.2, 0.25) is 0 Å². The number of nitrogens with zero attached hydrogens (tertiary/aromatic N) is 3. The average Bonchev–Trinajstić information content (AvgIpc) is 2.78. The number of likely N-dealkylation sites (N-methyl/N-ethyl adjacent to an activating group) is 1. The van der Waals surface area contributed by atoms with E-state index in [0.29, 0.717) is 0 Å². The molecule has 0 bridgehead atoms. The molecular formula is C17H21N3O3. The van der Waals surface area contributed by atoms with Crippen LogP contribution in [0.25, 0.3) is 0 Å². The standard InChI is InChI=1S/C17H21N3O3/c1-18(2)20-13(15(21)11-7-5-4-6-8-11)10-9-12-14(20)17(23)19(3)16(12)22/h4-10,12-15,21H,1-3H3/t12-,13-,14+,15-/m1/s1. The Morgan fingerprint density at radius 1 is 1.09 bits per heavy atom. The van der Waals surface area contributed by atoms with Gasteiger partial charge >= 0.3 is 0 Å². The molecule has 0 aromatic heterocycles. The number of imide groups is 1. The number of amides is 2. The first-order valence-electron chi connectivity index (χ1n) is 7.62. The Morgan fingerprint density at radius 2 is 1.74 bits per heavy atom. The van der Waals surface area contributed by atoms with E-state index in [-0.39, 0.29) is 11.8 Å².